The first kappa shape index (κ1) is 65.1. The quantitative estimate of drug-likeness (QED) is 0.0321. The molecule has 0 fully saturated rings. The normalized spacial score (nSPS) is 12.8. The van der Waals surface area contributed by atoms with Gasteiger partial charge in [0.2, 0.25) is 5.91 Å². The summed E-state index contributed by atoms with van der Waals surface area (Å²) in [6, 6.07) is -0.548. The molecule has 0 radical (unpaired) electrons. The number of carbonyl (C=O) groups excluding carboxylic acids is 2. The summed E-state index contributed by atoms with van der Waals surface area (Å²) in [6.07, 6.45) is 69.9. The molecule has 6 nitrogen and oxygen atoms in total. The zero-order valence-corrected chi connectivity index (χ0v) is 44.9. The predicted molar refractivity (Wildman–Crippen MR) is 292 cm³/mol. The number of rotatable bonds is 55. The van der Waals surface area contributed by atoms with Crippen LogP contribution in [0.15, 0.2) is 36.5 Å². The first-order valence-electron chi connectivity index (χ1n) is 29.7. The predicted octanol–water partition coefficient (Wildman–Crippen LogP) is 18.4. The van der Waals surface area contributed by atoms with Gasteiger partial charge in [-0.1, -0.05) is 256 Å². The van der Waals surface area contributed by atoms with E-state index in [1.807, 2.05) is 0 Å². The van der Waals surface area contributed by atoms with E-state index in [0.717, 1.165) is 51.4 Å². The van der Waals surface area contributed by atoms with Crippen molar-refractivity contribution in [1.29, 1.82) is 0 Å². The fourth-order valence-corrected chi connectivity index (χ4v) is 9.08. The Morgan fingerprint density at radius 2 is 0.746 bits per heavy atom. The first-order valence-corrected chi connectivity index (χ1v) is 29.7. The Morgan fingerprint density at radius 3 is 1.16 bits per heavy atom. The molecule has 0 spiro atoms. The molecular weight excluding hydrogens is 827 g/mol. The second-order valence-corrected chi connectivity index (χ2v) is 20.3. The van der Waals surface area contributed by atoms with Gasteiger partial charge in [-0.3, -0.25) is 9.59 Å². The minimum absolute atomic E-state index is 0.00729. The molecule has 0 saturated heterocycles. The van der Waals surface area contributed by atoms with Crippen LogP contribution in [0.1, 0.15) is 316 Å². The van der Waals surface area contributed by atoms with Crippen LogP contribution in [0.5, 0.6) is 0 Å². The number of nitrogens with one attached hydrogen (secondary N) is 1. The highest BCUT2D eigenvalue weighted by Crippen LogP contribution is 2.17. The molecule has 0 aromatic carbocycles. The average molecular weight is 943 g/mol. The number of esters is 1. The number of hydrogen-bond acceptors (Lipinski definition) is 5. The molecule has 0 bridgehead atoms. The number of aliphatic hydroxyl groups is 2. The van der Waals surface area contributed by atoms with Crippen molar-refractivity contribution in [2.24, 2.45) is 0 Å². The third-order valence-corrected chi connectivity index (χ3v) is 13.7. The van der Waals surface area contributed by atoms with Crippen molar-refractivity contribution in [3.05, 3.63) is 36.5 Å². The van der Waals surface area contributed by atoms with Crippen molar-refractivity contribution in [2.75, 3.05) is 13.2 Å². The van der Waals surface area contributed by atoms with Crippen molar-refractivity contribution in [1.82, 2.24) is 5.32 Å². The topological polar surface area (TPSA) is 95.9 Å². The molecule has 0 aromatic rings. The molecular formula is C61H115NO5. The number of hydrogen-bond donors (Lipinski definition) is 3. The van der Waals surface area contributed by atoms with Crippen molar-refractivity contribution in [2.45, 2.75) is 328 Å². The summed E-state index contributed by atoms with van der Waals surface area (Å²) in [4.78, 5) is 24.5. The van der Waals surface area contributed by atoms with Gasteiger partial charge in [-0.25, -0.2) is 0 Å². The summed E-state index contributed by atoms with van der Waals surface area (Å²) in [7, 11) is 0. The molecule has 0 aliphatic heterocycles. The van der Waals surface area contributed by atoms with Crippen molar-refractivity contribution >= 4 is 11.9 Å². The maximum atomic E-state index is 12.5. The van der Waals surface area contributed by atoms with E-state index in [9.17, 15) is 19.8 Å². The van der Waals surface area contributed by atoms with E-state index in [4.69, 9.17) is 4.74 Å². The van der Waals surface area contributed by atoms with E-state index in [1.54, 1.807) is 0 Å². The van der Waals surface area contributed by atoms with Gasteiger partial charge in [0.15, 0.2) is 0 Å². The second-order valence-electron chi connectivity index (χ2n) is 20.3. The Labute approximate surface area is 417 Å². The van der Waals surface area contributed by atoms with E-state index in [-0.39, 0.29) is 18.5 Å². The fraction of sp³-hybridized carbons (Fsp3) is 0.869. The van der Waals surface area contributed by atoms with Gasteiger partial charge in [0.05, 0.1) is 25.4 Å². The Kier molecular flexibility index (Phi) is 55.0. The maximum Gasteiger partial charge on any atom is 0.305 e. The number of unbranched alkanes of at least 4 members (excludes halogenated alkanes) is 38. The molecule has 0 rings (SSSR count). The Bertz CT molecular complexity index is 1090. The number of allylic oxidation sites excluding steroid dienone is 6. The Morgan fingerprint density at radius 1 is 0.418 bits per heavy atom. The molecule has 2 atom stereocenters. The highest BCUT2D eigenvalue weighted by Gasteiger charge is 2.20. The van der Waals surface area contributed by atoms with Gasteiger partial charge in [-0.05, 0) is 83.5 Å². The van der Waals surface area contributed by atoms with Gasteiger partial charge in [-0.15, -0.1) is 0 Å². The van der Waals surface area contributed by atoms with Gasteiger partial charge in [-0.2, -0.15) is 0 Å². The van der Waals surface area contributed by atoms with Crippen molar-refractivity contribution in [3.8, 4) is 0 Å². The molecule has 3 N–H and O–H groups in total. The highest BCUT2D eigenvalue weighted by atomic mass is 16.5. The zero-order valence-electron chi connectivity index (χ0n) is 44.9. The van der Waals surface area contributed by atoms with Crippen LogP contribution >= 0.6 is 0 Å². The summed E-state index contributed by atoms with van der Waals surface area (Å²) in [5.41, 5.74) is 0. The molecule has 2 unspecified atom stereocenters. The summed E-state index contributed by atoms with van der Waals surface area (Å²) in [5.74, 6) is -0.0506. The van der Waals surface area contributed by atoms with Crippen LogP contribution in [0.25, 0.3) is 0 Å². The van der Waals surface area contributed by atoms with Crippen molar-refractivity contribution in [3.63, 3.8) is 0 Å². The third-order valence-electron chi connectivity index (χ3n) is 13.7. The SMILES string of the molecule is CCCCCC/C=C\C/C=C\CCCCCCCC(=O)OCCCCCCCCCCC/C=C\CCCCCCCCCC(=O)NC(CO)C(O)CCCCCCCCCCCCCCCC. The molecule has 0 heterocycles. The van der Waals surface area contributed by atoms with Crippen LogP contribution in [0.4, 0.5) is 0 Å². The number of amides is 1. The summed E-state index contributed by atoms with van der Waals surface area (Å²) < 4.78 is 5.47. The van der Waals surface area contributed by atoms with Crippen LogP contribution in [0, 0.1) is 0 Å². The molecule has 0 saturated carbocycles. The monoisotopic (exact) mass is 942 g/mol. The van der Waals surface area contributed by atoms with Crippen LogP contribution in [0.2, 0.25) is 0 Å². The van der Waals surface area contributed by atoms with Crippen molar-refractivity contribution < 1.29 is 24.5 Å². The van der Waals surface area contributed by atoms with Gasteiger partial charge in [0, 0.05) is 12.8 Å². The molecule has 0 aromatic heterocycles. The van der Waals surface area contributed by atoms with Crippen LogP contribution in [-0.4, -0.2) is 47.4 Å². The van der Waals surface area contributed by atoms with Gasteiger partial charge in [0.25, 0.3) is 0 Å². The lowest BCUT2D eigenvalue weighted by atomic mass is 10.0. The first-order chi connectivity index (χ1) is 33.0. The summed E-state index contributed by atoms with van der Waals surface area (Å²) in [6.45, 7) is 4.93. The minimum atomic E-state index is -0.670. The highest BCUT2D eigenvalue weighted by molar-refractivity contribution is 5.76. The van der Waals surface area contributed by atoms with Gasteiger partial charge < -0.3 is 20.3 Å². The second kappa shape index (κ2) is 56.7. The third kappa shape index (κ3) is 53.3. The zero-order chi connectivity index (χ0) is 48.6. The Hall–Kier alpha value is -1.92. The van der Waals surface area contributed by atoms with Crippen LogP contribution < -0.4 is 5.32 Å². The van der Waals surface area contributed by atoms with E-state index in [1.165, 1.54) is 231 Å². The molecule has 6 heteroatoms. The molecule has 1 amide bonds. The molecule has 67 heavy (non-hydrogen) atoms. The van der Waals surface area contributed by atoms with Crippen LogP contribution in [-0.2, 0) is 14.3 Å². The Balaban J connectivity index is 3.43. The summed E-state index contributed by atoms with van der Waals surface area (Å²) in [5, 5.41) is 23.3. The van der Waals surface area contributed by atoms with E-state index in [0.29, 0.717) is 25.9 Å². The van der Waals surface area contributed by atoms with E-state index < -0.39 is 12.1 Å². The van der Waals surface area contributed by atoms with Crippen LogP contribution in [0.3, 0.4) is 0 Å². The lowest BCUT2D eigenvalue weighted by molar-refractivity contribution is -0.143. The molecule has 394 valence electrons. The molecule has 0 aliphatic rings. The number of carbonyl (C=O) groups is 2. The lowest BCUT2D eigenvalue weighted by Gasteiger charge is -2.22. The maximum absolute atomic E-state index is 12.5. The standard InChI is InChI=1S/C61H115NO5/c1-3-5-7-9-11-13-15-17-19-27-31-35-39-43-47-51-55-61(66)67-56-52-48-44-40-36-32-28-25-23-21-20-22-24-26-30-34-38-42-46-50-54-60(65)62-58(57-63)59(64)53-49-45-41-37-33-29-18-16-14-12-10-8-6-4-2/h13,15,19-20,22,27,58-59,63-64H,3-12,14,16-18,21,23-26,28-57H2,1-2H3,(H,62,65)/b15-13-,22-20-,27-19-. The number of ether oxygens (including phenoxy) is 1. The van der Waals surface area contributed by atoms with E-state index >= 15 is 0 Å². The largest absolute Gasteiger partial charge is 0.466 e. The smallest absolute Gasteiger partial charge is 0.305 e. The average Bonchev–Trinajstić information content (AvgIpc) is 3.33. The molecule has 0 aliphatic carbocycles. The minimum Gasteiger partial charge on any atom is -0.466 e. The fourth-order valence-electron chi connectivity index (χ4n) is 9.08. The number of aliphatic hydroxyl groups excluding tert-OH is 2. The van der Waals surface area contributed by atoms with E-state index in [2.05, 4.69) is 55.6 Å². The lowest BCUT2D eigenvalue weighted by Crippen LogP contribution is -2.45. The van der Waals surface area contributed by atoms with Gasteiger partial charge >= 0.3 is 5.97 Å². The summed E-state index contributed by atoms with van der Waals surface area (Å²) >= 11 is 0. The van der Waals surface area contributed by atoms with Gasteiger partial charge in [0.1, 0.15) is 0 Å².